The standard InChI is InChI=1S/C22H23N4O/c1-24-16-22(12-13-22)17-3-5-19(6-4-17)26(14-11-18(15-23)25-26)20-7-9-21(27-2)10-8-20/h3-11,14,24H,12-13,16H2,1-2H3/q+1. The Balaban J connectivity index is 1.75. The number of benzene rings is 2. The maximum atomic E-state index is 9.32. The molecule has 0 bridgehead atoms. The molecule has 2 aliphatic rings. The highest BCUT2D eigenvalue weighted by molar-refractivity contribution is 6.09. The van der Waals surface area contributed by atoms with E-state index in [2.05, 4.69) is 35.7 Å². The zero-order valence-electron chi connectivity index (χ0n) is 15.6. The van der Waals surface area contributed by atoms with E-state index in [1.807, 2.05) is 37.5 Å². The lowest BCUT2D eigenvalue weighted by Crippen LogP contribution is -2.30. The summed E-state index contributed by atoms with van der Waals surface area (Å²) in [6.07, 6.45) is 6.18. The summed E-state index contributed by atoms with van der Waals surface area (Å²) in [5.41, 5.74) is 4.03. The van der Waals surface area contributed by atoms with Crippen molar-refractivity contribution in [2.75, 3.05) is 20.7 Å². The van der Waals surface area contributed by atoms with Crippen LogP contribution in [-0.4, -0.2) is 26.4 Å². The summed E-state index contributed by atoms with van der Waals surface area (Å²) in [6.45, 7) is 1.00. The first kappa shape index (κ1) is 17.5. The Bertz CT molecular complexity index is 934. The summed E-state index contributed by atoms with van der Waals surface area (Å²) in [5.74, 6) is 0.794. The van der Waals surface area contributed by atoms with Crippen molar-refractivity contribution in [2.45, 2.75) is 18.3 Å². The molecule has 1 aliphatic carbocycles. The Hall–Kier alpha value is -2.94. The zero-order valence-corrected chi connectivity index (χ0v) is 15.6. The van der Waals surface area contributed by atoms with Gasteiger partial charge in [0.1, 0.15) is 18.0 Å². The average molecular weight is 359 g/mol. The average Bonchev–Trinajstić information content (AvgIpc) is 3.37. The summed E-state index contributed by atoms with van der Waals surface area (Å²) in [5, 5.41) is 17.3. The molecule has 1 saturated carbocycles. The molecule has 136 valence electrons. The van der Waals surface area contributed by atoms with Gasteiger partial charge in [0.05, 0.1) is 7.11 Å². The highest BCUT2D eigenvalue weighted by atomic mass is 16.5. The molecule has 0 amide bonds. The summed E-state index contributed by atoms with van der Waals surface area (Å²) in [7, 11) is 3.66. The largest absolute Gasteiger partial charge is 0.497 e. The number of rotatable bonds is 6. The Kier molecular flexibility index (Phi) is 4.31. The lowest BCUT2D eigenvalue weighted by molar-refractivity contribution is 0.414. The van der Waals surface area contributed by atoms with Crippen molar-refractivity contribution in [3.05, 3.63) is 66.4 Å². The van der Waals surface area contributed by atoms with E-state index in [0.29, 0.717) is 5.71 Å². The van der Waals surface area contributed by atoms with Gasteiger partial charge in [0.15, 0.2) is 11.4 Å². The number of allylic oxidation sites excluding steroid dienone is 1. The van der Waals surface area contributed by atoms with E-state index in [9.17, 15) is 5.26 Å². The molecule has 5 heteroatoms. The predicted octanol–water partition coefficient (Wildman–Crippen LogP) is 3.99. The van der Waals surface area contributed by atoms with Crippen molar-refractivity contribution in [3.8, 4) is 11.8 Å². The van der Waals surface area contributed by atoms with Crippen LogP contribution in [0.3, 0.4) is 0 Å². The van der Waals surface area contributed by atoms with Gasteiger partial charge in [-0.15, -0.1) is 4.59 Å². The van der Waals surface area contributed by atoms with Crippen molar-refractivity contribution in [3.63, 3.8) is 0 Å². The topological polar surface area (TPSA) is 57.4 Å². The monoisotopic (exact) mass is 359 g/mol. The van der Waals surface area contributed by atoms with E-state index in [0.717, 1.165) is 23.7 Å². The number of methoxy groups -OCH3 is 1. The van der Waals surface area contributed by atoms with Gasteiger partial charge in [-0.2, -0.15) is 5.26 Å². The number of quaternary nitrogens is 1. The lowest BCUT2D eigenvalue weighted by atomic mass is 9.95. The first-order valence-corrected chi connectivity index (χ1v) is 9.14. The Morgan fingerprint density at radius 1 is 1.11 bits per heavy atom. The van der Waals surface area contributed by atoms with E-state index >= 15 is 0 Å². The number of likely N-dealkylation sites (N-methyl/N-ethyl adjacent to an activating group) is 1. The molecule has 0 spiro atoms. The lowest BCUT2D eigenvalue weighted by Gasteiger charge is -2.25. The predicted molar refractivity (Wildman–Crippen MR) is 108 cm³/mol. The van der Waals surface area contributed by atoms with Crippen LogP contribution in [0.5, 0.6) is 5.75 Å². The van der Waals surface area contributed by atoms with Crippen molar-refractivity contribution < 1.29 is 4.74 Å². The molecule has 1 heterocycles. The third-order valence-electron chi connectivity index (χ3n) is 5.54. The molecule has 4 rings (SSSR count). The van der Waals surface area contributed by atoms with Crippen molar-refractivity contribution in [2.24, 2.45) is 5.10 Å². The van der Waals surface area contributed by atoms with E-state index in [-0.39, 0.29) is 10.0 Å². The van der Waals surface area contributed by atoms with Crippen LogP contribution in [0.15, 0.2) is 65.9 Å². The number of ether oxygens (including phenoxy) is 1. The number of nitriles is 1. The van der Waals surface area contributed by atoms with Crippen LogP contribution in [0.2, 0.25) is 0 Å². The number of hydrogen-bond acceptors (Lipinski definition) is 4. The minimum Gasteiger partial charge on any atom is -0.497 e. The van der Waals surface area contributed by atoms with E-state index in [1.165, 1.54) is 18.4 Å². The summed E-state index contributed by atoms with van der Waals surface area (Å²) >= 11 is 0. The number of hydrogen-bond donors (Lipinski definition) is 1. The maximum absolute atomic E-state index is 9.32. The number of nitrogens with zero attached hydrogens (tertiary/aromatic N) is 3. The van der Waals surface area contributed by atoms with Gasteiger partial charge in [-0.3, -0.25) is 0 Å². The van der Waals surface area contributed by atoms with Crippen LogP contribution in [0.25, 0.3) is 0 Å². The second kappa shape index (κ2) is 6.66. The molecule has 2 aromatic rings. The van der Waals surface area contributed by atoms with Crippen LogP contribution in [-0.2, 0) is 5.41 Å². The first-order valence-electron chi connectivity index (χ1n) is 9.14. The molecule has 1 fully saturated rings. The van der Waals surface area contributed by atoms with Crippen LogP contribution < -0.4 is 14.6 Å². The fourth-order valence-corrected chi connectivity index (χ4v) is 3.82. The minimum atomic E-state index is 0.159. The fraction of sp³-hybridized carbons (Fsp3) is 0.273. The molecule has 1 unspecified atom stereocenters. The molecule has 0 radical (unpaired) electrons. The Morgan fingerprint density at radius 3 is 2.22 bits per heavy atom. The van der Waals surface area contributed by atoms with Crippen LogP contribution in [0.4, 0.5) is 11.4 Å². The molecule has 1 aliphatic heterocycles. The molecular formula is C22H23N4O+. The second-order valence-corrected chi connectivity index (χ2v) is 7.15. The highest BCUT2D eigenvalue weighted by Gasteiger charge is 2.44. The van der Waals surface area contributed by atoms with E-state index < -0.39 is 0 Å². The van der Waals surface area contributed by atoms with E-state index in [4.69, 9.17) is 9.84 Å². The molecule has 27 heavy (non-hydrogen) atoms. The van der Waals surface area contributed by atoms with Crippen molar-refractivity contribution in [1.82, 2.24) is 9.91 Å². The highest BCUT2D eigenvalue weighted by Crippen LogP contribution is 2.48. The molecule has 1 atom stereocenters. The van der Waals surface area contributed by atoms with Gasteiger partial charge in [0.2, 0.25) is 5.71 Å². The molecular weight excluding hydrogens is 336 g/mol. The Morgan fingerprint density at radius 2 is 1.74 bits per heavy atom. The Labute approximate surface area is 159 Å². The summed E-state index contributed by atoms with van der Waals surface area (Å²) in [4.78, 5) is 0. The normalized spacial score (nSPS) is 22.2. The maximum Gasteiger partial charge on any atom is 0.202 e. The molecule has 2 aromatic carbocycles. The third-order valence-corrected chi connectivity index (χ3v) is 5.54. The molecule has 0 aromatic heterocycles. The summed E-state index contributed by atoms with van der Waals surface area (Å²) < 4.78 is 5.44. The van der Waals surface area contributed by atoms with Gasteiger partial charge in [-0.1, -0.05) is 17.2 Å². The number of nitrogens with one attached hydrogen (secondary N) is 1. The van der Waals surface area contributed by atoms with Gasteiger partial charge in [0.25, 0.3) is 0 Å². The van der Waals surface area contributed by atoms with Gasteiger partial charge >= 0.3 is 0 Å². The van der Waals surface area contributed by atoms with E-state index in [1.54, 1.807) is 13.2 Å². The first-order chi connectivity index (χ1) is 13.2. The van der Waals surface area contributed by atoms with Gasteiger partial charge < -0.3 is 10.1 Å². The van der Waals surface area contributed by atoms with Gasteiger partial charge in [0, 0.05) is 42.3 Å². The molecule has 0 saturated heterocycles. The molecule has 1 N–H and O–H groups in total. The smallest absolute Gasteiger partial charge is 0.202 e. The minimum absolute atomic E-state index is 0.159. The SMILES string of the molecule is CNCC1(c2ccc([N+]3(c4ccc(OC)cc4)C=CC(C#N)=N3)cc2)CC1. The van der Waals surface area contributed by atoms with Crippen molar-refractivity contribution >= 4 is 17.1 Å². The van der Waals surface area contributed by atoms with Gasteiger partial charge in [-0.05, 0) is 37.6 Å². The third kappa shape index (κ3) is 2.93. The summed E-state index contributed by atoms with van der Waals surface area (Å²) in [6, 6.07) is 18.6. The second-order valence-electron chi connectivity index (χ2n) is 7.15. The zero-order chi connectivity index (χ0) is 18.9. The van der Waals surface area contributed by atoms with Crippen LogP contribution in [0, 0.1) is 11.3 Å². The quantitative estimate of drug-likeness (QED) is 0.794. The fourth-order valence-electron chi connectivity index (χ4n) is 3.82. The van der Waals surface area contributed by atoms with Gasteiger partial charge in [-0.25, -0.2) is 0 Å². The van der Waals surface area contributed by atoms with Crippen molar-refractivity contribution in [1.29, 1.82) is 5.26 Å². The molecule has 5 nitrogen and oxygen atoms in total. The van der Waals surface area contributed by atoms with Crippen LogP contribution >= 0.6 is 0 Å². The van der Waals surface area contributed by atoms with Crippen LogP contribution in [0.1, 0.15) is 18.4 Å².